The van der Waals surface area contributed by atoms with Crippen LogP contribution in [0, 0.1) is 20.2 Å². The number of non-ortho nitro benzene ring substituents is 2. The lowest BCUT2D eigenvalue weighted by atomic mass is 10.1. The molecule has 0 atom stereocenters. The minimum Gasteiger partial charge on any atom is -0.307 e. The van der Waals surface area contributed by atoms with Crippen molar-refractivity contribution < 1.29 is 39.4 Å². The van der Waals surface area contributed by atoms with Gasteiger partial charge in [-0.2, -0.15) is 0 Å². The van der Waals surface area contributed by atoms with Crippen LogP contribution in [0.25, 0.3) is 5.03 Å². The summed E-state index contributed by atoms with van der Waals surface area (Å²) in [6.07, 6.45) is 2.10. The maximum Gasteiger partial charge on any atom is 0.339 e. The molecule has 2 aromatic heterocycles. The van der Waals surface area contributed by atoms with E-state index in [1.165, 1.54) is 71.2 Å². The van der Waals surface area contributed by atoms with Gasteiger partial charge >= 0.3 is 5.20 Å². The van der Waals surface area contributed by atoms with Crippen LogP contribution in [0.5, 0.6) is 0 Å². The Kier molecular flexibility index (Phi) is 15.7. The average molecular weight is 868 g/mol. The maximum absolute atomic E-state index is 12.8. The number of nitro benzene ring substituents is 2. The van der Waals surface area contributed by atoms with Crippen LogP contribution in [-0.4, -0.2) is 54.0 Å². The molecule has 2 amide bonds. The zero-order valence-corrected chi connectivity index (χ0v) is 32.4. The molecule has 0 fully saturated rings. The number of ketones is 1. The average Bonchev–Trinajstić information content (AvgIpc) is 3.76. The highest BCUT2D eigenvalue weighted by Crippen LogP contribution is 2.61. The number of alkyl halides is 1. The monoisotopic (exact) mass is 865 g/mol. The third-order valence-corrected chi connectivity index (χ3v) is 9.69. The van der Waals surface area contributed by atoms with Crippen molar-refractivity contribution in [1.29, 1.82) is 0 Å². The van der Waals surface area contributed by atoms with Crippen LogP contribution in [-0.2, 0) is 9.36 Å². The second-order valence-corrected chi connectivity index (χ2v) is 19.3. The minimum atomic E-state index is -3.22. The fraction of sp³-hybridized carbons (Fsp3) is 0.188. The lowest BCUT2D eigenvalue weighted by Gasteiger charge is -2.21. The van der Waals surface area contributed by atoms with Gasteiger partial charge in [-0.05, 0) is 93.7 Å². The number of benzene rings is 2. The number of halogens is 5. The van der Waals surface area contributed by atoms with E-state index in [2.05, 4.69) is 33.7 Å². The number of nitrogens with zero attached hydrogens (tertiary/aromatic N) is 4. The van der Waals surface area contributed by atoms with E-state index in [0.717, 1.165) is 0 Å². The Labute approximate surface area is 330 Å². The Bertz CT molecular complexity index is 2090. The summed E-state index contributed by atoms with van der Waals surface area (Å²) < 4.78 is 25.0. The van der Waals surface area contributed by atoms with Crippen molar-refractivity contribution in [3.8, 4) is 0 Å². The lowest BCUT2D eigenvalue weighted by molar-refractivity contribution is -0.385. The number of hydrogen-bond donors (Lipinski definition) is 0. The van der Waals surface area contributed by atoms with Crippen molar-refractivity contribution in [2.45, 2.75) is 19.3 Å². The molecule has 2 aliphatic rings. The second-order valence-electron chi connectivity index (χ2n) is 10.4. The van der Waals surface area contributed by atoms with Crippen LogP contribution in [0.1, 0.15) is 55.9 Å². The summed E-state index contributed by atoms with van der Waals surface area (Å²) in [4.78, 5) is 73.4. The van der Waals surface area contributed by atoms with E-state index in [9.17, 15) is 48.4 Å². The molecule has 0 saturated heterocycles. The second kappa shape index (κ2) is 19.9. The quantitative estimate of drug-likeness (QED) is 0.0817. The van der Waals surface area contributed by atoms with Gasteiger partial charge in [0.15, 0.2) is 5.78 Å². The Morgan fingerprint density at radius 2 is 1.25 bits per heavy atom. The lowest BCUT2D eigenvalue weighted by Crippen LogP contribution is -2.31. The van der Waals surface area contributed by atoms with E-state index < -0.39 is 22.2 Å². The van der Waals surface area contributed by atoms with Crippen molar-refractivity contribution in [2.75, 3.05) is 30.0 Å². The molecule has 0 bridgehead atoms. The molecule has 13 nitrogen and oxygen atoms in total. The molecule has 280 valence electrons. The van der Waals surface area contributed by atoms with Gasteiger partial charge in [0.2, 0.25) is 0 Å². The normalized spacial score (nSPS) is 13.8. The van der Waals surface area contributed by atoms with Gasteiger partial charge in [0, 0.05) is 60.5 Å². The number of hydrogen-bond acceptors (Lipinski definition) is 11. The van der Waals surface area contributed by atoms with E-state index in [1.54, 1.807) is 32.7 Å². The molecule has 53 heavy (non-hydrogen) atoms. The smallest absolute Gasteiger partial charge is 0.307 e. The zero-order chi connectivity index (χ0) is 40.2. The highest BCUT2D eigenvalue weighted by molar-refractivity contribution is 8.24. The molecule has 4 aromatic rings. The van der Waals surface area contributed by atoms with Crippen molar-refractivity contribution >= 4 is 125 Å². The van der Waals surface area contributed by atoms with Crippen LogP contribution >= 0.6 is 73.2 Å². The van der Waals surface area contributed by atoms with E-state index in [-0.39, 0.29) is 29.0 Å². The van der Waals surface area contributed by atoms with Gasteiger partial charge in [0.25, 0.3) is 23.2 Å². The van der Waals surface area contributed by atoms with Crippen LogP contribution in [0.3, 0.4) is 0 Å². The van der Waals surface area contributed by atoms with Gasteiger partial charge in [0.05, 0.1) is 44.5 Å². The topological polar surface area (TPSA) is 178 Å². The number of fused-ring (bicyclic) bond motifs is 2. The third kappa shape index (κ3) is 11.7. The largest absolute Gasteiger partial charge is 0.339 e. The van der Waals surface area contributed by atoms with Gasteiger partial charge < -0.3 is 9.80 Å². The van der Waals surface area contributed by atoms with Gasteiger partial charge in [-0.15, -0.1) is 22.7 Å². The molecular weight excluding hydrogens is 840 g/mol. The summed E-state index contributed by atoms with van der Waals surface area (Å²) in [7, 11) is -1.00. The predicted molar refractivity (Wildman–Crippen MR) is 207 cm³/mol. The number of carbonyl (C=O) groups excluding carboxylic acids is 4. The molecule has 0 N–H and O–H groups in total. The third-order valence-electron chi connectivity index (χ3n) is 7.28. The zero-order valence-electron chi connectivity index (χ0n) is 27.9. The Hall–Kier alpha value is -4.02. The molecule has 0 saturated carbocycles. The van der Waals surface area contributed by atoms with Crippen LogP contribution in [0.2, 0.25) is 0 Å². The standard InChI is InChI=1S/C16H11ClN2O4S.C15H12N2O4S.CH3F.Cl3OP/c17-14-11(9-20)5-7-18(13-6-8-24-15(13)14)16(21)10-1-3-12(4-2-10)19(22)23;18-13-2-1-8-16(12-7-9-22-14(12)13)15(19)10-3-5-11(6-4-10)17(20)21;1-2;1-5(2,3)4/h1-4,6,8-9H,5,7H2;3-7,9H,1-2,8H2;1H3;/i;;1D;. The minimum absolute atomic E-state index is 0.0567. The van der Waals surface area contributed by atoms with E-state index in [0.29, 0.717) is 81.5 Å². The van der Waals surface area contributed by atoms with Crippen molar-refractivity contribution in [2.24, 2.45) is 0 Å². The van der Waals surface area contributed by atoms with Crippen LogP contribution < -0.4 is 9.80 Å². The number of Topliss-reactive ketones (excluding diaryl/α,β-unsaturated/α-hetero) is 1. The number of anilines is 2. The van der Waals surface area contributed by atoms with E-state index in [4.69, 9.17) is 13.0 Å². The molecule has 0 aliphatic carbocycles. The number of amides is 2. The van der Waals surface area contributed by atoms with E-state index in [1.807, 2.05) is 0 Å². The Morgan fingerprint density at radius 1 is 0.830 bits per heavy atom. The highest BCUT2D eigenvalue weighted by atomic mass is 36.0. The molecule has 2 aromatic carbocycles. The molecule has 6 rings (SSSR count). The molecule has 0 spiro atoms. The van der Waals surface area contributed by atoms with Crippen molar-refractivity contribution in [1.82, 2.24) is 0 Å². The SMILES string of the molecule is O=C1CCCN(C(=O)c2ccc([N+](=O)[O-])cc2)c2ccsc21.O=CC1=C(Cl)c2sccc2N(C(=O)c2ccc([N+](=O)[O-])cc2)CC1.O=P(Cl)(Cl)Cl.[2H]CF. The molecule has 21 heteroatoms. The van der Waals surface area contributed by atoms with Gasteiger partial charge in [-0.25, -0.2) is 0 Å². The summed E-state index contributed by atoms with van der Waals surface area (Å²) >= 11 is 22.8. The predicted octanol–water partition coefficient (Wildman–Crippen LogP) is 10.5. The van der Waals surface area contributed by atoms with Crippen LogP contribution in [0.15, 0.2) is 77.0 Å². The number of thiophene rings is 2. The van der Waals surface area contributed by atoms with Gasteiger partial charge in [-0.3, -0.25) is 48.4 Å². The Balaban J connectivity index is 0.000000243. The van der Waals surface area contributed by atoms with Gasteiger partial charge in [0.1, 0.15) is 6.29 Å². The summed E-state index contributed by atoms with van der Waals surface area (Å²) in [5.41, 5.74) is 2.31. The van der Waals surface area contributed by atoms with Crippen LogP contribution in [0.4, 0.5) is 27.1 Å². The number of rotatable bonds is 5. The number of nitro groups is 2. The first kappa shape index (κ1) is 41.7. The number of aldehydes is 1. The summed E-state index contributed by atoms with van der Waals surface area (Å²) in [6.45, 7) is 0.773. The fourth-order valence-electron chi connectivity index (χ4n) is 4.94. The Morgan fingerprint density at radius 3 is 1.68 bits per heavy atom. The first-order valence-electron chi connectivity index (χ1n) is 15.4. The van der Waals surface area contributed by atoms with E-state index >= 15 is 0 Å². The van der Waals surface area contributed by atoms with Crippen molar-refractivity contribution in [3.63, 3.8) is 0 Å². The first-order chi connectivity index (χ1) is 25.5. The highest BCUT2D eigenvalue weighted by Gasteiger charge is 2.28. The molecule has 4 heterocycles. The van der Waals surface area contributed by atoms with Crippen molar-refractivity contribution in [3.05, 3.63) is 118 Å². The number of carbonyl (C=O) groups is 4. The maximum atomic E-state index is 12.8. The molecule has 0 radical (unpaired) electrons. The first-order valence-corrected chi connectivity index (χ1v) is 21.3. The molecular formula is C32H26Cl4FN4O9PS2. The molecule has 2 aliphatic heterocycles. The summed E-state index contributed by atoms with van der Waals surface area (Å²) in [5, 5.41) is 22.1. The summed E-state index contributed by atoms with van der Waals surface area (Å²) in [5.74, 6) is -0.477. The fourth-order valence-corrected chi connectivity index (χ4v) is 7.04. The molecule has 0 unspecified atom stereocenters. The van der Waals surface area contributed by atoms with Gasteiger partial charge in [-0.1, -0.05) is 11.6 Å². The summed E-state index contributed by atoms with van der Waals surface area (Å²) in [6, 6.07) is 14.5.